The number of hydrogen-bond donors (Lipinski definition) is 3. The van der Waals surface area contributed by atoms with Gasteiger partial charge in [0, 0.05) is 12.6 Å². The van der Waals surface area contributed by atoms with Gasteiger partial charge in [-0.15, -0.1) is 0 Å². The molecule has 1 aromatic heterocycles. The topological polar surface area (TPSA) is 93.6 Å². The van der Waals surface area contributed by atoms with E-state index < -0.39 is 23.9 Å². The Morgan fingerprint density at radius 3 is 2.50 bits per heavy atom. The molecule has 5 rings (SSSR count). The number of halogens is 3. The fourth-order valence-electron chi connectivity index (χ4n) is 5.70. The lowest BCUT2D eigenvalue weighted by atomic mass is 9.78. The van der Waals surface area contributed by atoms with Gasteiger partial charge in [0.15, 0.2) is 11.6 Å². The quantitative estimate of drug-likeness (QED) is 0.234. The van der Waals surface area contributed by atoms with E-state index in [1.807, 2.05) is 50.2 Å². The number of alkyl halides is 3. The molecule has 224 valence electrons. The Morgan fingerprint density at radius 2 is 1.90 bits per heavy atom. The summed E-state index contributed by atoms with van der Waals surface area (Å²) >= 11 is 0. The van der Waals surface area contributed by atoms with Crippen LogP contribution in [0.15, 0.2) is 48.5 Å². The number of rotatable bonds is 11. The van der Waals surface area contributed by atoms with Gasteiger partial charge in [-0.1, -0.05) is 48.4 Å². The molecule has 2 aromatic carbocycles. The van der Waals surface area contributed by atoms with E-state index in [0.29, 0.717) is 28.8 Å². The summed E-state index contributed by atoms with van der Waals surface area (Å²) in [5.41, 5.74) is 2.54. The summed E-state index contributed by atoms with van der Waals surface area (Å²) < 4.78 is 39.8. The summed E-state index contributed by atoms with van der Waals surface area (Å²) in [6, 6.07) is 13.1. The van der Waals surface area contributed by atoms with Crippen LogP contribution in [0.5, 0.6) is 0 Å². The normalized spacial score (nSPS) is 17.5. The Labute approximate surface area is 244 Å². The molecule has 2 heterocycles. The maximum absolute atomic E-state index is 13.3. The lowest BCUT2D eigenvalue weighted by molar-refractivity contribution is -0.137. The second-order valence-electron chi connectivity index (χ2n) is 11.6. The first-order valence-electron chi connectivity index (χ1n) is 14.3. The highest BCUT2D eigenvalue weighted by Gasteiger charge is 2.38. The third-order valence-corrected chi connectivity index (χ3v) is 8.10. The molecule has 1 aliphatic carbocycles. The maximum atomic E-state index is 13.3. The molecule has 3 N–H and O–H groups in total. The highest BCUT2D eigenvalue weighted by Crippen LogP contribution is 2.46. The summed E-state index contributed by atoms with van der Waals surface area (Å²) in [4.78, 5) is 25.1. The molecule has 2 aliphatic rings. The van der Waals surface area contributed by atoms with E-state index in [2.05, 4.69) is 25.5 Å². The van der Waals surface area contributed by atoms with E-state index >= 15 is 0 Å². The highest BCUT2D eigenvalue weighted by atomic mass is 19.4. The van der Waals surface area contributed by atoms with Gasteiger partial charge >= 0.3 is 12.1 Å². The van der Waals surface area contributed by atoms with Crippen molar-refractivity contribution in [2.45, 2.75) is 64.0 Å². The number of fused-ring (bicyclic) bond motifs is 1. The molecule has 42 heavy (non-hydrogen) atoms. The number of aryl methyl sites for hydroxylation is 1. The first kappa shape index (κ1) is 29.6. The Morgan fingerprint density at radius 1 is 1.17 bits per heavy atom. The minimum absolute atomic E-state index is 0.102. The number of carbonyl (C=O) groups is 1. The predicted octanol–water partition coefficient (Wildman–Crippen LogP) is 6.56. The van der Waals surface area contributed by atoms with E-state index in [9.17, 15) is 23.1 Å². The van der Waals surface area contributed by atoms with E-state index in [1.165, 1.54) is 12.1 Å². The summed E-state index contributed by atoms with van der Waals surface area (Å²) in [5.74, 6) is -0.290. The molecular formula is C31H37F3N6O2. The molecule has 1 aliphatic heterocycles. The Hall–Kier alpha value is -3.86. The van der Waals surface area contributed by atoms with Crippen LogP contribution in [0.4, 0.5) is 30.5 Å². The molecule has 0 amide bonds. The summed E-state index contributed by atoms with van der Waals surface area (Å²) in [6.07, 6.45) is 0.367. The van der Waals surface area contributed by atoms with E-state index in [0.717, 1.165) is 61.9 Å². The van der Waals surface area contributed by atoms with Crippen LogP contribution in [-0.2, 0) is 12.7 Å². The molecule has 0 bridgehead atoms. The van der Waals surface area contributed by atoms with Gasteiger partial charge < -0.3 is 25.5 Å². The van der Waals surface area contributed by atoms with Gasteiger partial charge in [0.2, 0.25) is 5.82 Å². The SMILES string of the molecule is Cc1cccc(C2Nc3nc(C(=O)O)nc(N[C@H](CCCN(C)C)C4CCC4)c3N2Cc2ccc(C(F)(F)F)cc2)c1. The van der Waals surface area contributed by atoms with E-state index in [4.69, 9.17) is 0 Å². The van der Waals surface area contributed by atoms with Crippen LogP contribution in [0.25, 0.3) is 0 Å². The number of nitrogens with zero attached hydrogens (tertiary/aromatic N) is 4. The molecule has 11 heteroatoms. The van der Waals surface area contributed by atoms with E-state index in [1.54, 1.807) is 0 Å². The fourth-order valence-corrected chi connectivity index (χ4v) is 5.70. The lowest BCUT2D eigenvalue weighted by Gasteiger charge is -2.36. The monoisotopic (exact) mass is 582 g/mol. The zero-order chi connectivity index (χ0) is 30.0. The third kappa shape index (κ3) is 6.61. The predicted molar refractivity (Wildman–Crippen MR) is 157 cm³/mol. The van der Waals surface area contributed by atoms with Gasteiger partial charge in [0.05, 0.1) is 5.56 Å². The molecule has 8 nitrogen and oxygen atoms in total. The van der Waals surface area contributed by atoms with Crippen molar-refractivity contribution >= 4 is 23.3 Å². The molecular weight excluding hydrogens is 545 g/mol. The molecule has 0 saturated heterocycles. The number of hydrogen-bond acceptors (Lipinski definition) is 7. The van der Waals surface area contributed by atoms with Crippen LogP contribution < -0.4 is 15.5 Å². The Balaban J connectivity index is 1.55. The van der Waals surface area contributed by atoms with Gasteiger partial charge in [0.1, 0.15) is 11.9 Å². The van der Waals surface area contributed by atoms with Gasteiger partial charge in [-0.05, 0) is 82.4 Å². The Bertz CT molecular complexity index is 1410. The number of aromatic nitrogens is 2. The average molecular weight is 583 g/mol. The lowest BCUT2D eigenvalue weighted by Crippen LogP contribution is -2.35. The zero-order valence-corrected chi connectivity index (χ0v) is 24.1. The zero-order valence-electron chi connectivity index (χ0n) is 24.1. The molecule has 0 radical (unpaired) electrons. The molecule has 1 saturated carbocycles. The number of nitrogens with one attached hydrogen (secondary N) is 2. The van der Waals surface area contributed by atoms with Gasteiger partial charge in [-0.25, -0.2) is 14.8 Å². The molecule has 2 atom stereocenters. The number of aromatic carboxylic acids is 1. The minimum atomic E-state index is -4.42. The highest BCUT2D eigenvalue weighted by molar-refractivity contribution is 5.90. The van der Waals surface area contributed by atoms with Gasteiger partial charge in [-0.2, -0.15) is 13.2 Å². The van der Waals surface area contributed by atoms with Crippen molar-refractivity contribution in [3.63, 3.8) is 0 Å². The third-order valence-electron chi connectivity index (χ3n) is 8.10. The van der Waals surface area contributed by atoms with Crippen molar-refractivity contribution in [3.05, 3.63) is 76.6 Å². The smallest absolute Gasteiger partial charge is 0.416 e. The van der Waals surface area contributed by atoms with Crippen molar-refractivity contribution in [2.75, 3.05) is 36.2 Å². The number of carboxylic acids is 1. The average Bonchev–Trinajstić information content (AvgIpc) is 3.25. The minimum Gasteiger partial charge on any atom is -0.475 e. The van der Waals surface area contributed by atoms with Crippen LogP contribution >= 0.6 is 0 Å². The van der Waals surface area contributed by atoms with Crippen molar-refractivity contribution < 1.29 is 23.1 Å². The van der Waals surface area contributed by atoms with Crippen molar-refractivity contribution in [1.29, 1.82) is 0 Å². The van der Waals surface area contributed by atoms with Crippen LogP contribution in [0, 0.1) is 12.8 Å². The fraction of sp³-hybridized carbons (Fsp3) is 0.452. The summed E-state index contributed by atoms with van der Waals surface area (Å²) in [5, 5.41) is 16.9. The number of carboxylic acid groups (broad SMARTS) is 1. The Kier molecular flexibility index (Phi) is 8.58. The maximum Gasteiger partial charge on any atom is 0.416 e. The largest absolute Gasteiger partial charge is 0.475 e. The second-order valence-corrected chi connectivity index (χ2v) is 11.6. The summed E-state index contributed by atoms with van der Waals surface area (Å²) in [7, 11) is 4.08. The number of anilines is 3. The first-order valence-corrected chi connectivity index (χ1v) is 14.3. The molecule has 0 spiro atoms. The van der Waals surface area contributed by atoms with E-state index in [-0.39, 0.29) is 18.4 Å². The van der Waals surface area contributed by atoms with Gasteiger partial charge in [-0.3, -0.25) is 0 Å². The van der Waals surface area contributed by atoms with Crippen LogP contribution in [0.3, 0.4) is 0 Å². The molecule has 1 unspecified atom stereocenters. The first-order chi connectivity index (χ1) is 20.0. The molecule has 1 fully saturated rings. The summed E-state index contributed by atoms with van der Waals surface area (Å²) in [6.45, 7) is 3.18. The van der Waals surface area contributed by atoms with Crippen LogP contribution in [-0.4, -0.2) is 52.6 Å². The van der Waals surface area contributed by atoms with Crippen LogP contribution in [0.1, 0.15) is 71.1 Å². The van der Waals surface area contributed by atoms with Crippen molar-refractivity contribution in [1.82, 2.24) is 14.9 Å². The molecule has 3 aromatic rings. The van der Waals surface area contributed by atoms with Crippen molar-refractivity contribution in [2.24, 2.45) is 5.92 Å². The van der Waals surface area contributed by atoms with Gasteiger partial charge in [0.25, 0.3) is 0 Å². The second kappa shape index (κ2) is 12.2. The van der Waals surface area contributed by atoms with Crippen molar-refractivity contribution in [3.8, 4) is 0 Å². The number of benzene rings is 2. The standard InChI is InChI=1S/C31H37F3N6O2/c1-19-7-4-10-22(17-19)29-38-27-25(40(29)18-20-12-14-23(15-13-20)31(32,33)34)26(36-28(37-27)30(41)42)35-24(21-8-5-9-21)11-6-16-39(2)3/h4,7,10,12-15,17,21,24,29H,5-6,8-9,11,16,18H2,1-3H3,(H,41,42)(H2,35,36,37,38)/t24-,29?/m1/s1. The van der Waals surface area contributed by atoms with Crippen LogP contribution in [0.2, 0.25) is 0 Å².